The van der Waals surface area contributed by atoms with Crippen molar-refractivity contribution in [1.29, 1.82) is 0 Å². The molecule has 0 aliphatic carbocycles. The summed E-state index contributed by atoms with van der Waals surface area (Å²) in [6.07, 6.45) is 1.49. The van der Waals surface area contributed by atoms with Crippen LogP contribution in [0.15, 0.2) is 23.1 Å². The minimum absolute atomic E-state index is 0.154. The number of amides is 2. The van der Waals surface area contributed by atoms with Crippen LogP contribution in [-0.2, 0) is 16.6 Å². The molecule has 17 heavy (non-hydrogen) atoms. The summed E-state index contributed by atoms with van der Waals surface area (Å²) < 4.78 is 1.34. The lowest BCUT2D eigenvalue weighted by Crippen LogP contribution is -2.36. The summed E-state index contributed by atoms with van der Waals surface area (Å²) in [6, 6.07) is 2.83. The molecule has 0 spiro atoms. The first-order valence-electron chi connectivity index (χ1n) is 4.96. The van der Waals surface area contributed by atoms with Gasteiger partial charge in [-0.3, -0.25) is 14.4 Å². The van der Waals surface area contributed by atoms with E-state index in [0.717, 1.165) is 0 Å². The molecule has 1 heterocycles. The Labute approximate surface area is 97.6 Å². The number of aromatic nitrogens is 1. The van der Waals surface area contributed by atoms with Crippen LogP contribution in [0.3, 0.4) is 0 Å². The summed E-state index contributed by atoms with van der Waals surface area (Å²) in [6.45, 7) is -0.313. The summed E-state index contributed by atoms with van der Waals surface area (Å²) in [4.78, 5) is 33.3. The van der Waals surface area contributed by atoms with Gasteiger partial charge in [0, 0.05) is 19.3 Å². The first-order valence-corrected chi connectivity index (χ1v) is 4.96. The van der Waals surface area contributed by atoms with Crippen molar-refractivity contribution in [1.82, 2.24) is 9.88 Å². The number of hydrogen-bond acceptors (Lipinski definition) is 4. The fourth-order valence-electron chi connectivity index (χ4n) is 1.12. The van der Waals surface area contributed by atoms with Crippen molar-refractivity contribution >= 4 is 17.5 Å². The summed E-state index contributed by atoms with van der Waals surface area (Å²) in [5.74, 6) is -0.786. The normalized spacial score (nSPS) is 9.76. The maximum atomic E-state index is 11.4. The first kappa shape index (κ1) is 12.9. The third-order valence-corrected chi connectivity index (χ3v) is 2.00. The second kappa shape index (κ2) is 5.80. The van der Waals surface area contributed by atoms with E-state index >= 15 is 0 Å². The van der Waals surface area contributed by atoms with E-state index < -0.39 is 5.91 Å². The second-order valence-electron chi connectivity index (χ2n) is 3.40. The van der Waals surface area contributed by atoms with Crippen LogP contribution in [0.5, 0.6) is 0 Å². The average molecular weight is 238 g/mol. The van der Waals surface area contributed by atoms with Gasteiger partial charge in [-0.1, -0.05) is 0 Å². The highest BCUT2D eigenvalue weighted by Crippen LogP contribution is 2.01. The fourth-order valence-corrected chi connectivity index (χ4v) is 1.12. The molecule has 1 aromatic rings. The molecule has 0 saturated heterocycles. The predicted octanol–water partition coefficient (Wildman–Crippen LogP) is -1.60. The quantitative estimate of drug-likeness (QED) is 0.587. The minimum atomic E-state index is -0.402. The van der Waals surface area contributed by atoms with E-state index in [2.05, 4.69) is 10.6 Å². The van der Waals surface area contributed by atoms with Gasteiger partial charge in [-0.25, -0.2) is 0 Å². The van der Waals surface area contributed by atoms with E-state index in [0.29, 0.717) is 5.69 Å². The lowest BCUT2D eigenvalue weighted by molar-refractivity contribution is -0.123. The molecule has 1 aromatic heterocycles. The predicted molar refractivity (Wildman–Crippen MR) is 62.4 cm³/mol. The average Bonchev–Trinajstić information content (AvgIpc) is 2.31. The van der Waals surface area contributed by atoms with Crippen molar-refractivity contribution in [3.05, 3.63) is 28.7 Å². The Morgan fingerprint density at radius 3 is 2.65 bits per heavy atom. The Balaban J connectivity index is 2.53. The van der Waals surface area contributed by atoms with Crippen molar-refractivity contribution < 1.29 is 9.59 Å². The Morgan fingerprint density at radius 1 is 1.35 bits per heavy atom. The van der Waals surface area contributed by atoms with Crippen LogP contribution in [0, 0.1) is 0 Å². The van der Waals surface area contributed by atoms with E-state index in [1.54, 1.807) is 7.05 Å². The van der Waals surface area contributed by atoms with E-state index in [4.69, 9.17) is 5.73 Å². The number of aryl methyl sites for hydroxylation is 1. The number of carbonyl (C=O) groups excluding carboxylic acids is 2. The second-order valence-corrected chi connectivity index (χ2v) is 3.40. The summed E-state index contributed by atoms with van der Waals surface area (Å²) in [5, 5.41) is 4.87. The van der Waals surface area contributed by atoms with Crippen LogP contribution >= 0.6 is 0 Å². The molecule has 0 saturated carbocycles. The molecule has 0 radical (unpaired) electrons. The smallest absolute Gasteiger partial charge is 0.250 e. The molecule has 1 rings (SSSR count). The molecule has 7 nitrogen and oxygen atoms in total. The van der Waals surface area contributed by atoms with Gasteiger partial charge in [0.05, 0.1) is 18.8 Å². The monoisotopic (exact) mass is 238 g/mol. The number of hydrogen-bond donors (Lipinski definition) is 3. The number of nitrogens with one attached hydrogen (secondary N) is 2. The fraction of sp³-hybridized carbons (Fsp3) is 0.300. The molecule has 7 heteroatoms. The molecular formula is C10H14N4O3. The van der Waals surface area contributed by atoms with Gasteiger partial charge >= 0.3 is 0 Å². The van der Waals surface area contributed by atoms with Crippen molar-refractivity contribution in [2.24, 2.45) is 12.8 Å². The molecule has 0 atom stereocenters. The van der Waals surface area contributed by atoms with Gasteiger partial charge in [0.1, 0.15) is 0 Å². The van der Waals surface area contributed by atoms with Crippen molar-refractivity contribution in [2.75, 3.05) is 18.4 Å². The Hall–Kier alpha value is -2.15. The molecular weight excluding hydrogens is 224 g/mol. The molecule has 0 aromatic carbocycles. The lowest BCUT2D eigenvalue weighted by Gasteiger charge is -2.07. The Bertz CT molecular complexity index is 481. The Kier molecular flexibility index (Phi) is 4.41. The molecule has 0 unspecified atom stereocenters. The maximum Gasteiger partial charge on any atom is 0.250 e. The zero-order valence-corrected chi connectivity index (χ0v) is 9.40. The number of nitrogens with zero attached hydrogens (tertiary/aromatic N) is 1. The SMILES string of the molecule is Cn1cc(NC(=O)CNC(=O)CN)ccc1=O. The molecule has 0 fully saturated rings. The standard InChI is InChI=1S/C10H14N4O3/c1-14-6-7(2-3-10(14)17)13-9(16)5-12-8(15)4-11/h2-3,6H,4-5,11H2,1H3,(H,12,15)(H,13,16). The third kappa shape index (κ3) is 4.07. The van der Waals surface area contributed by atoms with E-state index in [-0.39, 0.29) is 24.6 Å². The van der Waals surface area contributed by atoms with Gasteiger partial charge in [0.15, 0.2) is 0 Å². The van der Waals surface area contributed by atoms with E-state index in [9.17, 15) is 14.4 Å². The number of nitrogens with two attached hydrogens (primary N) is 1. The third-order valence-electron chi connectivity index (χ3n) is 2.00. The highest BCUT2D eigenvalue weighted by atomic mass is 16.2. The van der Waals surface area contributed by atoms with E-state index in [1.807, 2.05) is 0 Å². The van der Waals surface area contributed by atoms with Crippen LogP contribution in [0.1, 0.15) is 0 Å². The maximum absolute atomic E-state index is 11.4. The zero-order chi connectivity index (χ0) is 12.8. The van der Waals surface area contributed by atoms with E-state index in [1.165, 1.54) is 22.9 Å². The van der Waals surface area contributed by atoms with Gasteiger partial charge in [0.25, 0.3) is 0 Å². The summed E-state index contributed by atoms with van der Waals surface area (Å²) in [5.41, 5.74) is 5.38. The Morgan fingerprint density at radius 2 is 2.06 bits per heavy atom. The van der Waals surface area contributed by atoms with Crippen LogP contribution < -0.4 is 21.9 Å². The number of rotatable bonds is 4. The molecule has 0 bridgehead atoms. The number of anilines is 1. The van der Waals surface area contributed by atoms with Crippen LogP contribution in [0.25, 0.3) is 0 Å². The van der Waals surface area contributed by atoms with Crippen LogP contribution in [-0.4, -0.2) is 29.5 Å². The van der Waals surface area contributed by atoms with Gasteiger partial charge in [0.2, 0.25) is 17.4 Å². The van der Waals surface area contributed by atoms with Crippen molar-refractivity contribution in [3.8, 4) is 0 Å². The summed E-state index contributed by atoms with van der Waals surface area (Å²) >= 11 is 0. The van der Waals surface area contributed by atoms with Crippen LogP contribution in [0.2, 0.25) is 0 Å². The molecule has 4 N–H and O–H groups in total. The van der Waals surface area contributed by atoms with Crippen molar-refractivity contribution in [2.45, 2.75) is 0 Å². The lowest BCUT2D eigenvalue weighted by atomic mass is 10.4. The zero-order valence-electron chi connectivity index (χ0n) is 9.40. The van der Waals surface area contributed by atoms with Gasteiger partial charge in [-0.15, -0.1) is 0 Å². The van der Waals surface area contributed by atoms with Gasteiger partial charge in [-0.05, 0) is 6.07 Å². The minimum Gasteiger partial charge on any atom is -0.346 e. The van der Waals surface area contributed by atoms with Crippen LogP contribution in [0.4, 0.5) is 5.69 Å². The molecule has 2 amide bonds. The van der Waals surface area contributed by atoms with Gasteiger partial charge < -0.3 is 20.9 Å². The molecule has 0 aliphatic heterocycles. The number of carbonyl (C=O) groups is 2. The summed E-state index contributed by atoms with van der Waals surface area (Å²) in [7, 11) is 1.58. The van der Waals surface area contributed by atoms with Crippen molar-refractivity contribution in [3.63, 3.8) is 0 Å². The van der Waals surface area contributed by atoms with Gasteiger partial charge in [-0.2, -0.15) is 0 Å². The molecule has 0 aliphatic rings. The first-order chi connectivity index (χ1) is 8.02. The largest absolute Gasteiger partial charge is 0.346 e. The molecule has 92 valence electrons. The highest BCUT2D eigenvalue weighted by molar-refractivity contribution is 5.94. The highest BCUT2D eigenvalue weighted by Gasteiger charge is 2.04. The number of pyridine rings is 1. The topological polar surface area (TPSA) is 106 Å².